The lowest BCUT2D eigenvalue weighted by atomic mass is 9.93. The molecule has 0 unspecified atom stereocenters. The highest BCUT2D eigenvalue weighted by atomic mass is 16.5. The second-order valence-corrected chi connectivity index (χ2v) is 8.51. The third kappa shape index (κ3) is 21.0. The fourth-order valence-electron chi connectivity index (χ4n) is 2.62. The standard InChI is InChI=1S/C24H44O2/c1-5-6-7-8-9-10-11-12-13-14-15-16-17-18-19-20-23(25)26-22-21-24(2,3)4/h9-10,12-13H,5-8,11,14-22H2,1-4H3/b10-9-,13-12-. The monoisotopic (exact) mass is 364 g/mol. The summed E-state index contributed by atoms with van der Waals surface area (Å²) in [4.78, 5) is 11.6. The topological polar surface area (TPSA) is 26.3 Å². The quantitative estimate of drug-likeness (QED) is 0.159. The third-order valence-electron chi connectivity index (χ3n) is 4.45. The van der Waals surface area contributed by atoms with Crippen molar-refractivity contribution in [2.24, 2.45) is 5.41 Å². The highest BCUT2D eigenvalue weighted by Crippen LogP contribution is 2.18. The normalized spacial score (nSPS) is 12.3. The number of allylic oxidation sites excluding steroid dienone is 4. The van der Waals surface area contributed by atoms with Gasteiger partial charge in [0.1, 0.15) is 0 Å². The van der Waals surface area contributed by atoms with Gasteiger partial charge in [-0.25, -0.2) is 0 Å². The van der Waals surface area contributed by atoms with Gasteiger partial charge in [0.05, 0.1) is 6.61 Å². The summed E-state index contributed by atoms with van der Waals surface area (Å²) in [6, 6.07) is 0. The lowest BCUT2D eigenvalue weighted by Gasteiger charge is -2.17. The van der Waals surface area contributed by atoms with Crippen LogP contribution in [-0.4, -0.2) is 12.6 Å². The third-order valence-corrected chi connectivity index (χ3v) is 4.45. The maximum atomic E-state index is 11.6. The number of hydrogen-bond donors (Lipinski definition) is 0. The van der Waals surface area contributed by atoms with Crippen LogP contribution in [0.2, 0.25) is 0 Å². The largest absolute Gasteiger partial charge is 0.466 e. The van der Waals surface area contributed by atoms with Crippen molar-refractivity contribution in [2.45, 2.75) is 111 Å². The molecule has 0 rings (SSSR count). The molecule has 0 aliphatic carbocycles. The fourth-order valence-corrected chi connectivity index (χ4v) is 2.62. The first-order valence-electron chi connectivity index (χ1n) is 10.9. The molecule has 0 heterocycles. The number of carbonyl (C=O) groups excluding carboxylic acids is 1. The Morgan fingerprint density at radius 2 is 1.38 bits per heavy atom. The maximum absolute atomic E-state index is 11.6. The summed E-state index contributed by atoms with van der Waals surface area (Å²) in [5.41, 5.74) is 0.236. The second-order valence-electron chi connectivity index (χ2n) is 8.51. The van der Waals surface area contributed by atoms with Crippen LogP contribution in [0.3, 0.4) is 0 Å². The predicted molar refractivity (Wildman–Crippen MR) is 114 cm³/mol. The Kier molecular flexibility index (Phi) is 16.7. The molecule has 0 aliphatic rings. The smallest absolute Gasteiger partial charge is 0.305 e. The highest BCUT2D eigenvalue weighted by molar-refractivity contribution is 5.69. The highest BCUT2D eigenvalue weighted by Gasteiger charge is 2.11. The van der Waals surface area contributed by atoms with Gasteiger partial charge in [0.15, 0.2) is 0 Å². The van der Waals surface area contributed by atoms with E-state index in [4.69, 9.17) is 4.74 Å². The molecule has 0 atom stereocenters. The van der Waals surface area contributed by atoms with E-state index in [9.17, 15) is 4.79 Å². The van der Waals surface area contributed by atoms with Gasteiger partial charge in [-0.15, -0.1) is 0 Å². The van der Waals surface area contributed by atoms with Crippen molar-refractivity contribution in [1.82, 2.24) is 0 Å². The zero-order valence-electron chi connectivity index (χ0n) is 18.0. The minimum atomic E-state index is -0.0278. The lowest BCUT2D eigenvalue weighted by molar-refractivity contribution is -0.144. The van der Waals surface area contributed by atoms with Gasteiger partial charge in [-0.05, 0) is 50.4 Å². The molecular formula is C24H44O2. The zero-order chi connectivity index (χ0) is 19.5. The van der Waals surface area contributed by atoms with Crippen molar-refractivity contribution in [3.05, 3.63) is 24.3 Å². The van der Waals surface area contributed by atoms with E-state index in [0.717, 1.165) is 25.7 Å². The zero-order valence-corrected chi connectivity index (χ0v) is 18.0. The van der Waals surface area contributed by atoms with E-state index < -0.39 is 0 Å². The van der Waals surface area contributed by atoms with E-state index in [2.05, 4.69) is 52.0 Å². The van der Waals surface area contributed by atoms with Crippen LogP contribution in [0.25, 0.3) is 0 Å². The molecule has 0 saturated carbocycles. The van der Waals surface area contributed by atoms with Gasteiger partial charge in [-0.1, -0.05) is 84.1 Å². The van der Waals surface area contributed by atoms with E-state index in [1.54, 1.807) is 0 Å². The van der Waals surface area contributed by atoms with Crippen LogP contribution in [-0.2, 0) is 9.53 Å². The van der Waals surface area contributed by atoms with Crippen molar-refractivity contribution < 1.29 is 9.53 Å². The molecule has 0 aromatic rings. The van der Waals surface area contributed by atoms with Gasteiger partial charge in [-0.3, -0.25) is 4.79 Å². The van der Waals surface area contributed by atoms with E-state index in [0.29, 0.717) is 13.0 Å². The van der Waals surface area contributed by atoms with Crippen molar-refractivity contribution in [1.29, 1.82) is 0 Å². The Bertz CT molecular complexity index is 374. The van der Waals surface area contributed by atoms with E-state index in [1.807, 2.05) is 0 Å². The minimum Gasteiger partial charge on any atom is -0.466 e. The molecular weight excluding hydrogens is 320 g/mol. The molecule has 0 fully saturated rings. The molecule has 0 radical (unpaired) electrons. The molecule has 0 N–H and O–H groups in total. The molecule has 2 heteroatoms. The molecule has 152 valence electrons. The van der Waals surface area contributed by atoms with Crippen molar-refractivity contribution >= 4 is 5.97 Å². The lowest BCUT2D eigenvalue weighted by Crippen LogP contribution is -2.12. The Labute approximate surface area is 163 Å². The average Bonchev–Trinajstić information content (AvgIpc) is 2.57. The molecule has 26 heavy (non-hydrogen) atoms. The van der Waals surface area contributed by atoms with Gasteiger partial charge < -0.3 is 4.74 Å². The maximum Gasteiger partial charge on any atom is 0.305 e. The summed E-state index contributed by atoms with van der Waals surface area (Å²) in [6.07, 6.45) is 24.0. The van der Waals surface area contributed by atoms with Crippen LogP contribution in [0.4, 0.5) is 0 Å². The first-order valence-corrected chi connectivity index (χ1v) is 10.9. The molecule has 2 nitrogen and oxygen atoms in total. The number of unbranched alkanes of at least 4 members (excludes halogenated alkanes) is 8. The number of hydrogen-bond acceptors (Lipinski definition) is 2. The van der Waals surface area contributed by atoms with Gasteiger partial charge in [0, 0.05) is 6.42 Å². The summed E-state index contributed by atoms with van der Waals surface area (Å²) in [5.74, 6) is -0.0278. The Morgan fingerprint density at radius 1 is 0.808 bits per heavy atom. The van der Waals surface area contributed by atoms with E-state index in [-0.39, 0.29) is 11.4 Å². The first-order chi connectivity index (χ1) is 12.5. The number of carbonyl (C=O) groups is 1. The van der Waals surface area contributed by atoms with Crippen LogP contribution < -0.4 is 0 Å². The predicted octanol–water partition coefficient (Wildman–Crippen LogP) is 7.78. The van der Waals surface area contributed by atoms with Crippen LogP contribution in [0.15, 0.2) is 24.3 Å². The van der Waals surface area contributed by atoms with Gasteiger partial charge in [-0.2, -0.15) is 0 Å². The summed E-state index contributed by atoms with van der Waals surface area (Å²) in [7, 11) is 0. The summed E-state index contributed by atoms with van der Waals surface area (Å²) in [6.45, 7) is 9.31. The Hall–Kier alpha value is -1.05. The van der Waals surface area contributed by atoms with Crippen LogP contribution in [0.5, 0.6) is 0 Å². The van der Waals surface area contributed by atoms with Gasteiger partial charge in [0.2, 0.25) is 0 Å². The average molecular weight is 365 g/mol. The molecule has 0 spiro atoms. The SMILES string of the molecule is CCCCC/C=C\C/C=C\CCCCCCCC(=O)OCCC(C)(C)C. The van der Waals surface area contributed by atoms with Crippen LogP contribution >= 0.6 is 0 Å². The molecule has 0 saturated heterocycles. The van der Waals surface area contributed by atoms with Gasteiger partial charge >= 0.3 is 5.97 Å². The number of esters is 1. The van der Waals surface area contributed by atoms with Crippen LogP contribution in [0, 0.1) is 5.41 Å². The molecule has 0 amide bonds. The molecule has 0 aliphatic heterocycles. The molecule has 0 aromatic carbocycles. The Balaban J connectivity index is 3.33. The fraction of sp³-hybridized carbons (Fsp3) is 0.792. The molecule has 0 aromatic heterocycles. The minimum absolute atomic E-state index is 0.0278. The van der Waals surface area contributed by atoms with E-state index >= 15 is 0 Å². The summed E-state index contributed by atoms with van der Waals surface area (Å²) in [5, 5.41) is 0. The van der Waals surface area contributed by atoms with E-state index in [1.165, 1.54) is 51.4 Å². The molecule has 0 bridgehead atoms. The summed E-state index contributed by atoms with van der Waals surface area (Å²) >= 11 is 0. The van der Waals surface area contributed by atoms with Crippen molar-refractivity contribution in [2.75, 3.05) is 6.61 Å². The van der Waals surface area contributed by atoms with Crippen molar-refractivity contribution in [3.63, 3.8) is 0 Å². The summed E-state index contributed by atoms with van der Waals surface area (Å²) < 4.78 is 5.28. The Morgan fingerprint density at radius 3 is 2.00 bits per heavy atom. The van der Waals surface area contributed by atoms with Crippen LogP contribution in [0.1, 0.15) is 111 Å². The number of rotatable bonds is 16. The second kappa shape index (κ2) is 17.4. The van der Waals surface area contributed by atoms with Gasteiger partial charge in [0.25, 0.3) is 0 Å². The first kappa shape index (κ1) is 24.9. The van der Waals surface area contributed by atoms with Crippen molar-refractivity contribution in [3.8, 4) is 0 Å². The number of ether oxygens (including phenoxy) is 1.